The molecule has 5 heteroatoms. The quantitative estimate of drug-likeness (QED) is 0.838. The van der Waals surface area contributed by atoms with Crippen LogP contribution in [0.5, 0.6) is 0 Å². The van der Waals surface area contributed by atoms with E-state index in [0.717, 1.165) is 12.8 Å². The van der Waals surface area contributed by atoms with Crippen LogP contribution in [0.2, 0.25) is 0 Å². The van der Waals surface area contributed by atoms with Crippen molar-refractivity contribution in [3.05, 3.63) is 22.7 Å². The summed E-state index contributed by atoms with van der Waals surface area (Å²) in [6.45, 7) is 2.61. The average molecular weight is 256 g/mol. The van der Waals surface area contributed by atoms with Crippen molar-refractivity contribution in [1.29, 1.82) is 0 Å². The SMILES string of the molecule is CCn1ccnc(NC2CCCC2CCl)c1=O. The lowest BCUT2D eigenvalue weighted by Crippen LogP contribution is -2.31. The van der Waals surface area contributed by atoms with Gasteiger partial charge in [0.15, 0.2) is 5.82 Å². The first-order chi connectivity index (χ1) is 8.26. The van der Waals surface area contributed by atoms with Gasteiger partial charge in [-0.2, -0.15) is 0 Å². The van der Waals surface area contributed by atoms with Crippen molar-refractivity contribution in [2.45, 2.75) is 38.8 Å². The molecule has 17 heavy (non-hydrogen) atoms. The summed E-state index contributed by atoms with van der Waals surface area (Å²) in [5.74, 6) is 1.55. The largest absolute Gasteiger partial charge is 0.362 e. The van der Waals surface area contributed by atoms with E-state index in [1.807, 2.05) is 6.92 Å². The molecule has 1 heterocycles. The number of hydrogen-bond donors (Lipinski definition) is 1. The molecule has 2 unspecified atom stereocenters. The maximum Gasteiger partial charge on any atom is 0.293 e. The fourth-order valence-electron chi connectivity index (χ4n) is 2.38. The van der Waals surface area contributed by atoms with Gasteiger partial charge in [0.25, 0.3) is 5.56 Å². The highest BCUT2D eigenvalue weighted by Crippen LogP contribution is 2.28. The summed E-state index contributed by atoms with van der Waals surface area (Å²) in [4.78, 5) is 16.1. The number of alkyl halides is 1. The van der Waals surface area contributed by atoms with Gasteiger partial charge in [0.1, 0.15) is 0 Å². The van der Waals surface area contributed by atoms with Crippen LogP contribution in [0.15, 0.2) is 17.2 Å². The van der Waals surface area contributed by atoms with Crippen molar-refractivity contribution in [3.63, 3.8) is 0 Å². The van der Waals surface area contributed by atoms with Crippen molar-refractivity contribution in [2.75, 3.05) is 11.2 Å². The molecular weight excluding hydrogens is 238 g/mol. The second-order valence-electron chi connectivity index (χ2n) is 4.46. The van der Waals surface area contributed by atoms with Gasteiger partial charge in [0, 0.05) is 30.9 Å². The standard InChI is InChI=1S/C12H18ClN3O/c1-2-16-7-6-14-11(12(16)17)15-10-5-3-4-9(10)8-13/h6-7,9-10H,2-5,8H2,1H3,(H,14,15). The van der Waals surface area contributed by atoms with E-state index >= 15 is 0 Å². The molecule has 1 aliphatic rings. The molecule has 4 nitrogen and oxygen atoms in total. The van der Waals surface area contributed by atoms with Crippen molar-refractivity contribution in [2.24, 2.45) is 5.92 Å². The van der Waals surface area contributed by atoms with E-state index in [2.05, 4.69) is 10.3 Å². The molecule has 1 fully saturated rings. The van der Waals surface area contributed by atoms with Crippen LogP contribution in [0.1, 0.15) is 26.2 Å². The van der Waals surface area contributed by atoms with Gasteiger partial charge in [0.2, 0.25) is 0 Å². The highest BCUT2D eigenvalue weighted by molar-refractivity contribution is 6.18. The molecule has 1 aromatic rings. The zero-order valence-electron chi connectivity index (χ0n) is 10.0. The minimum atomic E-state index is -0.0461. The van der Waals surface area contributed by atoms with Crippen LogP contribution in [-0.4, -0.2) is 21.5 Å². The third-order valence-corrected chi connectivity index (χ3v) is 3.83. The smallest absolute Gasteiger partial charge is 0.293 e. The predicted molar refractivity (Wildman–Crippen MR) is 69.6 cm³/mol. The molecule has 1 saturated carbocycles. The minimum absolute atomic E-state index is 0.0461. The van der Waals surface area contributed by atoms with Crippen LogP contribution in [0.4, 0.5) is 5.82 Å². The third-order valence-electron chi connectivity index (χ3n) is 3.43. The maximum absolute atomic E-state index is 12.0. The summed E-state index contributed by atoms with van der Waals surface area (Å²) in [5, 5.41) is 3.26. The van der Waals surface area contributed by atoms with Gasteiger partial charge in [-0.15, -0.1) is 11.6 Å². The number of nitrogens with one attached hydrogen (secondary N) is 1. The molecule has 2 rings (SSSR count). The average Bonchev–Trinajstić information content (AvgIpc) is 2.79. The number of aryl methyl sites for hydroxylation is 1. The van der Waals surface area contributed by atoms with Gasteiger partial charge in [0.05, 0.1) is 0 Å². The first kappa shape index (κ1) is 12.4. The Morgan fingerprint density at radius 1 is 1.59 bits per heavy atom. The summed E-state index contributed by atoms with van der Waals surface area (Å²) >= 11 is 5.92. The monoisotopic (exact) mass is 255 g/mol. The summed E-state index contributed by atoms with van der Waals surface area (Å²) in [5.41, 5.74) is -0.0461. The van der Waals surface area contributed by atoms with Crippen LogP contribution in [0.3, 0.4) is 0 Å². The topological polar surface area (TPSA) is 46.9 Å². The van der Waals surface area contributed by atoms with Gasteiger partial charge >= 0.3 is 0 Å². The summed E-state index contributed by atoms with van der Waals surface area (Å²) < 4.78 is 1.65. The van der Waals surface area contributed by atoms with Crippen LogP contribution >= 0.6 is 11.6 Å². The fraction of sp³-hybridized carbons (Fsp3) is 0.667. The number of anilines is 1. The summed E-state index contributed by atoms with van der Waals surface area (Å²) in [7, 11) is 0. The van der Waals surface area contributed by atoms with Crippen molar-refractivity contribution in [3.8, 4) is 0 Å². The molecule has 0 amide bonds. The molecular formula is C12H18ClN3O. The van der Waals surface area contributed by atoms with Crippen molar-refractivity contribution < 1.29 is 0 Å². The molecule has 0 radical (unpaired) electrons. The van der Waals surface area contributed by atoms with Crippen molar-refractivity contribution in [1.82, 2.24) is 9.55 Å². The fourth-order valence-corrected chi connectivity index (χ4v) is 2.75. The van der Waals surface area contributed by atoms with Crippen LogP contribution in [-0.2, 0) is 6.54 Å². The van der Waals surface area contributed by atoms with Gasteiger partial charge < -0.3 is 9.88 Å². The van der Waals surface area contributed by atoms with Crippen LogP contribution in [0.25, 0.3) is 0 Å². The predicted octanol–water partition coefficient (Wildman–Crippen LogP) is 2.08. The Labute approximate surface area is 106 Å². The third kappa shape index (κ3) is 2.63. The van der Waals surface area contributed by atoms with E-state index in [0.29, 0.717) is 30.2 Å². The molecule has 2 atom stereocenters. The van der Waals surface area contributed by atoms with Crippen molar-refractivity contribution >= 4 is 17.4 Å². The lowest BCUT2D eigenvalue weighted by molar-refractivity contribution is 0.558. The number of rotatable bonds is 4. The highest BCUT2D eigenvalue weighted by atomic mass is 35.5. The van der Waals surface area contributed by atoms with E-state index in [1.165, 1.54) is 6.42 Å². The van der Waals surface area contributed by atoms with Crippen LogP contribution in [0, 0.1) is 5.92 Å². The second kappa shape index (κ2) is 5.54. The van der Waals surface area contributed by atoms with Gasteiger partial charge in [-0.1, -0.05) is 6.42 Å². The Balaban J connectivity index is 2.16. The first-order valence-electron chi connectivity index (χ1n) is 6.14. The Morgan fingerprint density at radius 2 is 2.41 bits per heavy atom. The molecule has 1 aliphatic carbocycles. The summed E-state index contributed by atoms with van der Waals surface area (Å²) in [6, 6.07) is 0.292. The van der Waals surface area contributed by atoms with Gasteiger partial charge in [-0.3, -0.25) is 4.79 Å². The van der Waals surface area contributed by atoms with Gasteiger partial charge in [-0.25, -0.2) is 4.98 Å². The lowest BCUT2D eigenvalue weighted by Gasteiger charge is -2.19. The normalized spacial score (nSPS) is 23.9. The summed E-state index contributed by atoms with van der Waals surface area (Å²) in [6.07, 6.45) is 6.75. The first-order valence-corrected chi connectivity index (χ1v) is 6.67. The van der Waals surface area contributed by atoms with E-state index in [-0.39, 0.29) is 5.56 Å². The Bertz CT molecular complexity index is 432. The van der Waals surface area contributed by atoms with E-state index < -0.39 is 0 Å². The number of nitrogens with zero attached hydrogens (tertiary/aromatic N) is 2. The second-order valence-corrected chi connectivity index (χ2v) is 4.77. The number of hydrogen-bond acceptors (Lipinski definition) is 3. The Hall–Kier alpha value is -1.03. The zero-order valence-corrected chi connectivity index (χ0v) is 10.8. The molecule has 0 spiro atoms. The van der Waals surface area contributed by atoms with Crippen LogP contribution < -0.4 is 10.9 Å². The molecule has 0 aliphatic heterocycles. The van der Waals surface area contributed by atoms with E-state index in [1.54, 1.807) is 17.0 Å². The van der Waals surface area contributed by atoms with Gasteiger partial charge in [-0.05, 0) is 25.7 Å². The van der Waals surface area contributed by atoms with E-state index in [9.17, 15) is 4.79 Å². The Kier molecular flexibility index (Phi) is 4.05. The molecule has 0 aromatic carbocycles. The molecule has 1 N–H and O–H groups in total. The zero-order chi connectivity index (χ0) is 12.3. The molecule has 0 saturated heterocycles. The maximum atomic E-state index is 12.0. The lowest BCUT2D eigenvalue weighted by atomic mass is 10.1. The molecule has 94 valence electrons. The van der Waals surface area contributed by atoms with E-state index in [4.69, 9.17) is 11.6 Å². The Morgan fingerprint density at radius 3 is 3.12 bits per heavy atom. The highest BCUT2D eigenvalue weighted by Gasteiger charge is 2.27. The number of aromatic nitrogens is 2. The molecule has 1 aromatic heterocycles. The minimum Gasteiger partial charge on any atom is -0.362 e. The molecule has 0 bridgehead atoms. The number of halogens is 1.